The first-order valence-corrected chi connectivity index (χ1v) is 10.1. The summed E-state index contributed by atoms with van der Waals surface area (Å²) in [6, 6.07) is -2.56. The molecule has 3 atom stereocenters. The molecular weight excluding hydrogens is 392 g/mol. The molecule has 0 radical (unpaired) electrons. The minimum absolute atomic E-state index is 0.0469. The van der Waals surface area contributed by atoms with Gasteiger partial charge in [0, 0.05) is 6.42 Å². The maximum Gasteiger partial charge on any atom is 0.319 e. The largest absolute Gasteiger partial charge is 0.480 e. The Morgan fingerprint density at radius 2 is 1.63 bits per heavy atom. The first-order chi connectivity index (χ1) is 13.9. The Labute approximate surface area is 177 Å². The summed E-state index contributed by atoms with van der Waals surface area (Å²) in [7, 11) is 0. The fraction of sp³-hybridized carbons (Fsp3) is 0.714. The quantitative estimate of drug-likeness (QED) is 0.147. The fourth-order valence-electron chi connectivity index (χ4n) is 2.76. The van der Waals surface area contributed by atoms with E-state index in [4.69, 9.17) is 0 Å². The maximum atomic E-state index is 12.7. The first-order valence-electron chi connectivity index (χ1n) is 10.1. The van der Waals surface area contributed by atoms with Crippen LogP contribution in [0.15, 0.2) is 12.2 Å². The van der Waals surface area contributed by atoms with Crippen LogP contribution in [-0.2, 0) is 19.2 Å². The van der Waals surface area contributed by atoms with E-state index in [0.29, 0.717) is 17.9 Å². The lowest BCUT2D eigenvalue weighted by Crippen LogP contribution is -2.56. The molecule has 0 aromatic carbocycles. The van der Waals surface area contributed by atoms with E-state index in [9.17, 15) is 34.5 Å². The number of carboxylic acid groups (broad SMARTS) is 1. The molecule has 0 spiro atoms. The van der Waals surface area contributed by atoms with Crippen LogP contribution in [0.5, 0.6) is 0 Å². The standard InChI is InChI=1S/C21H36N2O7/c1-13(2)8-6-7-9-17(26)22-16(11-24)19(28)23-15(10-14(3)4)18(27)21(5,12-25)20(29)30/h13,15-16,24-25H,3,6-12H2,1-2,4-5H3,(H,22,26)(H,23,28)(H,29,30)/t15-,16-,21?/m0/s1. The average Bonchev–Trinajstić information content (AvgIpc) is 2.66. The summed E-state index contributed by atoms with van der Waals surface area (Å²) in [6.07, 6.45) is 2.65. The van der Waals surface area contributed by atoms with Gasteiger partial charge in [0.1, 0.15) is 11.5 Å². The van der Waals surface area contributed by atoms with Crippen molar-refractivity contribution in [2.24, 2.45) is 11.3 Å². The minimum atomic E-state index is -2.11. The molecule has 0 aromatic heterocycles. The van der Waals surface area contributed by atoms with Crippen LogP contribution in [0.2, 0.25) is 0 Å². The van der Waals surface area contributed by atoms with E-state index >= 15 is 0 Å². The molecule has 30 heavy (non-hydrogen) atoms. The number of amides is 2. The predicted octanol–water partition coefficient (Wildman–Crippen LogP) is 0.783. The van der Waals surface area contributed by atoms with E-state index in [-0.39, 0.29) is 12.8 Å². The molecule has 172 valence electrons. The lowest BCUT2D eigenvalue weighted by molar-refractivity contribution is -0.157. The van der Waals surface area contributed by atoms with E-state index < -0.39 is 54.3 Å². The van der Waals surface area contributed by atoms with Crippen molar-refractivity contribution in [2.45, 2.75) is 71.9 Å². The molecular formula is C21H36N2O7. The number of hydrogen-bond donors (Lipinski definition) is 5. The molecule has 0 aliphatic heterocycles. The number of aliphatic hydroxyl groups excluding tert-OH is 2. The third-order valence-corrected chi connectivity index (χ3v) is 4.79. The van der Waals surface area contributed by atoms with Gasteiger partial charge in [-0.25, -0.2) is 0 Å². The number of nitrogens with one attached hydrogen (secondary N) is 2. The molecule has 0 bridgehead atoms. The zero-order chi connectivity index (χ0) is 23.5. The summed E-state index contributed by atoms with van der Waals surface area (Å²) >= 11 is 0. The van der Waals surface area contributed by atoms with Crippen LogP contribution < -0.4 is 10.6 Å². The van der Waals surface area contributed by atoms with Gasteiger partial charge in [-0.2, -0.15) is 0 Å². The van der Waals surface area contributed by atoms with Crippen molar-refractivity contribution in [3.63, 3.8) is 0 Å². The Balaban J connectivity index is 5.14. The zero-order valence-corrected chi connectivity index (χ0v) is 18.4. The van der Waals surface area contributed by atoms with E-state index in [1.807, 2.05) is 0 Å². The molecule has 0 rings (SSSR count). The molecule has 0 saturated heterocycles. The van der Waals surface area contributed by atoms with E-state index in [1.54, 1.807) is 6.92 Å². The highest BCUT2D eigenvalue weighted by Crippen LogP contribution is 2.22. The SMILES string of the molecule is C=C(C)C[C@H](NC(=O)[C@H](CO)NC(=O)CCCCC(C)C)C(=O)C(C)(CO)C(=O)O. The van der Waals surface area contributed by atoms with Crippen molar-refractivity contribution < 1.29 is 34.5 Å². The van der Waals surface area contributed by atoms with Crippen LogP contribution in [0.1, 0.15) is 59.8 Å². The molecule has 0 saturated carbocycles. The van der Waals surface area contributed by atoms with Crippen molar-refractivity contribution >= 4 is 23.6 Å². The highest BCUT2D eigenvalue weighted by molar-refractivity contribution is 6.06. The number of unbranched alkanes of at least 4 members (excludes halogenated alkanes) is 1. The molecule has 0 aromatic rings. The van der Waals surface area contributed by atoms with Crippen molar-refractivity contribution in [3.8, 4) is 0 Å². The van der Waals surface area contributed by atoms with Crippen molar-refractivity contribution in [1.29, 1.82) is 0 Å². The van der Waals surface area contributed by atoms with Crippen LogP contribution in [-0.4, -0.2) is 64.2 Å². The van der Waals surface area contributed by atoms with E-state index in [0.717, 1.165) is 19.8 Å². The van der Waals surface area contributed by atoms with Crippen LogP contribution in [0.4, 0.5) is 0 Å². The number of hydrogen-bond acceptors (Lipinski definition) is 6. The normalized spacial score (nSPS) is 15.0. The molecule has 9 heteroatoms. The third-order valence-electron chi connectivity index (χ3n) is 4.79. The third kappa shape index (κ3) is 9.04. The number of carboxylic acids is 1. The smallest absolute Gasteiger partial charge is 0.319 e. The number of ketones is 1. The summed E-state index contributed by atoms with van der Waals surface area (Å²) in [5.41, 5.74) is -1.60. The lowest BCUT2D eigenvalue weighted by atomic mass is 9.81. The lowest BCUT2D eigenvalue weighted by Gasteiger charge is -2.28. The van der Waals surface area contributed by atoms with Gasteiger partial charge in [-0.15, -0.1) is 6.58 Å². The van der Waals surface area contributed by atoms with Gasteiger partial charge in [-0.05, 0) is 32.6 Å². The predicted molar refractivity (Wildman–Crippen MR) is 112 cm³/mol. The summed E-state index contributed by atoms with van der Waals surface area (Å²) in [6.45, 7) is 8.88. The Morgan fingerprint density at radius 1 is 1.03 bits per heavy atom. The molecule has 0 aliphatic carbocycles. The van der Waals surface area contributed by atoms with Crippen LogP contribution in [0.25, 0.3) is 0 Å². The molecule has 9 nitrogen and oxygen atoms in total. The maximum absolute atomic E-state index is 12.7. The Kier molecular flexibility index (Phi) is 12.1. The van der Waals surface area contributed by atoms with Crippen LogP contribution in [0.3, 0.4) is 0 Å². The molecule has 0 heterocycles. The topological polar surface area (TPSA) is 153 Å². The molecule has 0 fully saturated rings. The summed E-state index contributed by atoms with van der Waals surface area (Å²) in [5.74, 6) is -3.11. The molecule has 2 amide bonds. The van der Waals surface area contributed by atoms with Gasteiger partial charge >= 0.3 is 5.97 Å². The summed E-state index contributed by atoms with van der Waals surface area (Å²) < 4.78 is 0. The second-order valence-corrected chi connectivity index (χ2v) is 8.32. The molecule has 5 N–H and O–H groups in total. The second-order valence-electron chi connectivity index (χ2n) is 8.32. The average molecular weight is 429 g/mol. The number of Topliss-reactive ketones (excluding diaryl/α,β-unsaturated/α-hetero) is 1. The highest BCUT2D eigenvalue weighted by atomic mass is 16.4. The van der Waals surface area contributed by atoms with Gasteiger partial charge in [0.2, 0.25) is 11.8 Å². The number of aliphatic hydroxyl groups is 2. The van der Waals surface area contributed by atoms with Gasteiger partial charge in [-0.1, -0.05) is 32.3 Å². The Morgan fingerprint density at radius 3 is 2.07 bits per heavy atom. The van der Waals surface area contributed by atoms with Gasteiger partial charge in [0.15, 0.2) is 5.78 Å². The van der Waals surface area contributed by atoms with Gasteiger partial charge in [0.25, 0.3) is 0 Å². The highest BCUT2D eigenvalue weighted by Gasteiger charge is 2.45. The molecule has 0 aliphatic rings. The number of carbonyl (C=O) groups is 4. The van der Waals surface area contributed by atoms with E-state index in [2.05, 4.69) is 31.1 Å². The number of aliphatic carboxylic acids is 1. The monoisotopic (exact) mass is 428 g/mol. The van der Waals surface area contributed by atoms with Crippen molar-refractivity contribution in [1.82, 2.24) is 10.6 Å². The van der Waals surface area contributed by atoms with Crippen molar-refractivity contribution in [2.75, 3.05) is 13.2 Å². The van der Waals surface area contributed by atoms with Gasteiger partial charge in [-0.3, -0.25) is 19.2 Å². The van der Waals surface area contributed by atoms with Gasteiger partial charge < -0.3 is 26.0 Å². The Bertz CT molecular complexity index is 633. The first kappa shape index (κ1) is 27.7. The summed E-state index contributed by atoms with van der Waals surface area (Å²) in [4.78, 5) is 48.8. The minimum Gasteiger partial charge on any atom is -0.480 e. The number of carbonyl (C=O) groups excluding carboxylic acids is 3. The van der Waals surface area contributed by atoms with E-state index in [1.165, 1.54) is 0 Å². The van der Waals surface area contributed by atoms with Crippen LogP contribution >= 0.6 is 0 Å². The fourth-order valence-corrected chi connectivity index (χ4v) is 2.76. The van der Waals surface area contributed by atoms with Gasteiger partial charge in [0.05, 0.1) is 19.3 Å². The number of rotatable bonds is 15. The van der Waals surface area contributed by atoms with Crippen molar-refractivity contribution in [3.05, 3.63) is 12.2 Å². The Hall–Kier alpha value is -2.26. The second kappa shape index (κ2) is 13.1. The molecule has 1 unspecified atom stereocenters. The summed E-state index contributed by atoms with van der Waals surface area (Å²) in [5, 5.41) is 33.1. The van der Waals surface area contributed by atoms with Crippen LogP contribution in [0, 0.1) is 11.3 Å². The zero-order valence-electron chi connectivity index (χ0n) is 18.4.